The molecule has 3 aromatic carbocycles. The maximum atomic E-state index is 13.8. The van der Waals surface area contributed by atoms with Gasteiger partial charge in [0.1, 0.15) is 5.75 Å². The summed E-state index contributed by atoms with van der Waals surface area (Å²) in [6.07, 6.45) is -6.36. The molecule has 0 aliphatic carbocycles. The van der Waals surface area contributed by atoms with E-state index in [0.717, 1.165) is 38.1 Å². The van der Waals surface area contributed by atoms with Gasteiger partial charge in [0.2, 0.25) is 0 Å². The van der Waals surface area contributed by atoms with Crippen molar-refractivity contribution in [1.29, 1.82) is 0 Å². The zero-order valence-electron chi connectivity index (χ0n) is 28.4. The first-order chi connectivity index (χ1) is 24.0. The highest BCUT2D eigenvalue weighted by atomic mass is 19.3. The minimum absolute atomic E-state index is 0.0445. The quantitative estimate of drug-likeness (QED) is 0.112. The molecule has 0 saturated carbocycles. The number of ether oxygens (including phenoxy) is 3. The average Bonchev–Trinajstić information content (AvgIpc) is 3.10. The van der Waals surface area contributed by atoms with E-state index in [2.05, 4.69) is 63.5 Å². The van der Waals surface area contributed by atoms with Gasteiger partial charge >= 0.3 is 24.5 Å². The average molecular weight is 695 g/mol. The van der Waals surface area contributed by atoms with Gasteiger partial charge < -0.3 is 24.4 Å². The van der Waals surface area contributed by atoms with Crippen LogP contribution in [0.25, 0.3) is 0 Å². The van der Waals surface area contributed by atoms with E-state index in [4.69, 9.17) is 9.47 Å². The summed E-state index contributed by atoms with van der Waals surface area (Å²) in [6.45, 7) is 7.47. The van der Waals surface area contributed by atoms with E-state index in [1.165, 1.54) is 23.3 Å². The Labute approximate surface area is 289 Å². The van der Waals surface area contributed by atoms with Crippen LogP contribution in [0.1, 0.15) is 62.6 Å². The molecular weight excluding hydrogens is 652 g/mol. The molecule has 0 spiro atoms. The molecule has 7 nitrogen and oxygen atoms in total. The van der Waals surface area contributed by atoms with Crippen LogP contribution in [-0.4, -0.2) is 62.2 Å². The smallest absolute Gasteiger partial charge is 0.461 e. The summed E-state index contributed by atoms with van der Waals surface area (Å²) >= 11 is 0. The number of rotatable bonds is 13. The second-order valence-corrected chi connectivity index (χ2v) is 12.5. The van der Waals surface area contributed by atoms with E-state index in [1.54, 1.807) is 20.8 Å². The largest absolute Gasteiger partial charge is 0.463 e. The number of halogens is 4. The molecule has 1 N–H and O–H groups in total. The number of dihydropyridines is 1. The van der Waals surface area contributed by atoms with Gasteiger partial charge in [-0.2, -0.15) is 17.6 Å². The number of nitrogens with zero attached hydrogens (tertiary/aromatic N) is 1. The molecule has 1 atom stereocenters. The van der Waals surface area contributed by atoms with Crippen molar-refractivity contribution in [3.05, 3.63) is 124 Å². The molecule has 3 aromatic rings. The van der Waals surface area contributed by atoms with Gasteiger partial charge in [-0.1, -0.05) is 72.8 Å². The third kappa shape index (κ3) is 8.04. The van der Waals surface area contributed by atoms with Gasteiger partial charge in [-0.3, -0.25) is 0 Å². The van der Waals surface area contributed by atoms with Gasteiger partial charge in [-0.05, 0) is 81.9 Å². The molecule has 11 heteroatoms. The van der Waals surface area contributed by atoms with E-state index in [9.17, 15) is 27.2 Å². The van der Waals surface area contributed by atoms with Crippen molar-refractivity contribution in [2.24, 2.45) is 0 Å². The molecule has 2 heterocycles. The fourth-order valence-corrected chi connectivity index (χ4v) is 6.98. The fourth-order valence-electron chi connectivity index (χ4n) is 6.98. The first-order valence-corrected chi connectivity index (χ1v) is 16.8. The van der Waals surface area contributed by atoms with Crippen LogP contribution in [0.15, 0.2) is 107 Å². The van der Waals surface area contributed by atoms with Crippen LogP contribution >= 0.6 is 0 Å². The van der Waals surface area contributed by atoms with Crippen molar-refractivity contribution in [2.75, 3.05) is 32.8 Å². The number of benzene rings is 3. The van der Waals surface area contributed by atoms with Crippen LogP contribution < -0.4 is 10.1 Å². The van der Waals surface area contributed by atoms with E-state index < -0.39 is 36.1 Å². The van der Waals surface area contributed by atoms with Crippen molar-refractivity contribution in [3.63, 3.8) is 0 Å². The number of esters is 2. The van der Waals surface area contributed by atoms with Crippen molar-refractivity contribution >= 4 is 11.9 Å². The van der Waals surface area contributed by atoms with Crippen molar-refractivity contribution in [1.82, 2.24) is 10.2 Å². The van der Waals surface area contributed by atoms with Gasteiger partial charge in [-0.15, -0.1) is 0 Å². The Morgan fingerprint density at radius 2 is 1.42 bits per heavy atom. The zero-order valence-corrected chi connectivity index (χ0v) is 28.4. The Morgan fingerprint density at radius 1 is 0.860 bits per heavy atom. The number of piperidine rings is 1. The highest BCUT2D eigenvalue weighted by Gasteiger charge is 2.44. The summed E-state index contributed by atoms with van der Waals surface area (Å²) < 4.78 is 68.7. The lowest BCUT2D eigenvalue weighted by molar-refractivity contribution is -0.253. The van der Waals surface area contributed by atoms with E-state index >= 15 is 0 Å². The third-order valence-corrected chi connectivity index (χ3v) is 9.39. The molecule has 1 unspecified atom stereocenters. The summed E-state index contributed by atoms with van der Waals surface area (Å²) in [6, 6.07) is 26.2. The van der Waals surface area contributed by atoms with Crippen LogP contribution in [0.5, 0.6) is 5.75 Å². The number of alkyl halides is 4. The van der Waals surface area contributed by atoms with E-state index in [-0.39, 0.29) is 35.3 Å². The molecule has 0 radical (unpaired) electrons. The van der Waals surface area contributed by atoms with Gasteiger partial charge in [0.25, 0.3) is 0 Å². The molecule has 1 saturated heterocycles. The summed E-state index contributed by atoms with van der Waals surface area (Å²) in [4.78, 5) is 29.3. The normalized spacial score (nSPS) is 18.1. The summed E-state index contributed by atoms with van der Waals surface area (Å²) in [7, 11) is 0. The predicted octanol–water partition coefficient (Wildman–Crippen LogP) is 7.74. The van der Waals surface area contributed by atoms with E-state index in [0.29, 0.717) is 24.4 Å². The maximum Gasteiger partial charge on any atom is 0.461 e. The van der Waals surface area contributed by atoms with Gasteiger partial charge in [-0.25, -0.2) is 9.59 Å². The number of nitrogens with one attached hydrogen (secondary N) is 1. The number of carbonyl (C=O) groups is 2. The molecule has 266 valence electrons. The molecular formula is C39H42F4N2O5. The highest BCUT2D eigenvalue weighted by Crippen LogP contribution is 2.43. The molecule has 50 heavy (non-hydrogen) atoms. The van der Waals surface area contributed by atoms with Crippen LogP contribution in [0.3, 0.4) is 0 Å². The number of likely N-dealkylation sites (tertiary alicyclic amines) is 1. The van der Waals surface area contributed by atoms with Crippen LogP contribution in [0, 0.1) is 0 Å². The third-order valence-electron chi connectivity index (χ3n) is 9.39. The van der Waals surface area contributed by atoms with Crippen molar-refractivity contribution in [3.8, 4) is 5.75 Å². The maximum absolute atomic E-state index is 13.8. The monoisotopic (exact) mass is 694 g/mol. The lowest BCUT2D eigenvalue weighted by Crippen LogP contribution is -2.43. The van der Waals surface area contributed by atoms with Crippen LogP contribution in [0.2, 0.25) is 0 Å². The van der Waals surface area contributed by atoms with Crippen LogP contribution in [-0.2, 0) is 24.5 Å². The number of hydrogen-bond donors (Lipinski definition) is 1. The molecule has 0 bridgehead atoms. The molecule has 5 rings (SSSR count). The van der Waals surface area contributed by atoms with Crippen molar-refractivity contribution < 1.29 is 41.4 Å². The summed E-state index contributed by atoms with van der Waals surface area (Å²) in [5.74, 6) is -3.08. The Hall–Kier alpha value is -4.64. The predicted molar refractivity (Wildman–Crippen MR) is 181 cm³/mol. The Balaban J connectivity index is 1.28. The Morgan fingerprint density at radius 3 is 1.96 bits per heavy atom. The standard InChI is InChI=1S/C39H42F4N2O5/c1-4-48-35(46)32-26(2)44-27(3)33(34(32)28-13-11-18-31(25-28)50-39(42,43)37(40)41)36(47)49-24-12-21-45-22-19-38(20-23-45,29-14-7-5-8-15-29)30-16-9-6-10-17-30/h5-11,13-18,25,34,37,44H,4,12,19-24H2,1-3H3. The molecule has 2 aliphatic heterocycles. The fraction of sp³-hybridized carbons (Fsp3) is 0.385. The van der Waals surface area contributed by atoms with E-state index in [1.807, 2.05) is 12.1 Å². The Bertz CT molecular complexity index is 1660. The second kappa shape index (κ2) is 15.9. The number of allylic oxidation sites excluding steroid dienone is 2. The SMILES string of the molecule is CCOC(=O)C1=C(C)NC(C)=C(C(=O)OCCCN2CCC(c3ccccc3)(c3ccccc3)CC2)C1c1cccc(OC(F)(F)C(F)F)c1. The minimum Gasteiger partial charge on any atom is -0.463 e. The topological polar surface area (TPSA) is 77.1 Å². The van der Waals surface area contributed by atoms with Crippen LogP contribution in [0.4, 0.5) is 17.6 Å². The van der Waals surface area contributed by atoms with Gasteiger partial charge in [0, 0.05) is 23.4 Å². The second-order valence-electron chi connectivity index (χ2n) is 12.5. The van der Waals surface area contributed by atoms with Gasteiger partial charge in [0.15, 0.2) is 0 Å². The first kappa shape index (κ1) is 36.6. The van der Waals surface area contributed by atoms with Gasteiger partial charge in [0.05, 0.1) is 30.3 Å². The number of carbonyl (C=O) groups excluding carboxylic acids is 2. The number of hydrogen-bond acceptors (Lipinski definition) is 7. The minimum atomic E-state index is -4.74. The molecule has 0 aromatic heterocycles. The lowest BCUT2D eigenvalue weighted by Gasteiger charge is -2.43. The lowest BCUT2D eigenvalue weighted by atomic mass is 9.68. The molecule has 2 aliphatic rings. The zero-order chi connectivity index (χ0) is 35.9. The first-order valence-electron chi connectivity index (χ1n) is 16.8. The summed E-state index contributed by atoms with van der Waals surface area (Å²) in [5, 5.41) is 3.04. The highest BCUT2D eigenvalue weighted by molar-refractivity contribution is 6.00. The molecule has 0 amide bonds. The summed E-state index contributed by atoms with van der Waals surface area (Å²) in [5.41, 5.74) is 3.62. The van der Waals surface area contributed by atoms with Crippen molar-refractivity contribution in [2.45, 2.75) is 63.9 Å². The Kier molecular flexibility index (Phi) is 11.7. The molecule has 1 fully saturated rings.